The van der Waals surface area contributed by atoms with Gasteiger partial charge in [0, 0.05) is 31.9 Å². The van der Waals surface area contributed by atoms with E-state index >= 15 is 0 Å². The van der Waals surface area contributed by atoms with E-state index in [-0.39, 0.29) is 5.56 Å². The number of pyridine rings is 1. The van der Waals surface area contributed by atoms with Crippen molar-refractivity contribution in [2.45, 2.75) is 19.3 Å². The Labute approximate surface area is 120 Å². The number of halogens is 3. The van der Waals surface area contributed by atoms with Crippen molar-refractivity contribution < 1.29 is 13.2 Å². The number of rotatable bonds is 5. The Morgan fingerprint density at radius 1 is 1.05 bits per heavy atom. The fourth-order valence-electron chi connectivity index (χ4n) is 1.89. The van der Waals surface area contributed by atoms with E-state index in [0.29, 0.717) is 19.6 Å². The number of aromatic nitrogens is 1. The molecule has 3 nitrogen and oxygen atoms in total. The fraction of sp³-hybridized carbons (Fsp3) is 0.267. The highest BCUT2D eigenvalue weighted by Gasteiger charge is 2.29. The molecular formula is C15H15F3N2O. The van der Waals surface area contributed by atoms with Crippen molar-refractivity contribution in [3.8, 4) is 0 Å². The molecule has 0 unspecified atom stereocenters. The van der Waals surface area contributed by atoms with Crippen molar-refractivity contribution in [1.29, 1.82) is 0 Å². The maximum Gasteiger partial charge on any atom is 0.416 e. The Bertz CT molecular complexity index is 632. The number of nitrogens with one attached hydrogen (secondary N) is 1. The van der Waals surface area contributed by atoms with Crippen LogP contribution in [0.2, 0.25) is 0 Å². The summed E-state index contributed by atoms with van der Waals surface area (Å²) in [5.41, 5.74) is 0.0410. The highest BCUT2D eigenvalue weighted by atomic mass is 19.4. The van der Waals surface area contributed by atoms with Crippen LogP contribution in [-0.4, -0.2) is 11.1 Å². The van der Waals surface area contributed by atoms with Gasteiger partial charge in [0.15, 0.2) is 0 Å². The molecule has 0 aliphatic carbocycles. The van der Waals surface area contributed by atoms with Gasteiger partial charge in [-0.15, -0.1) is 0 Å². The summed E-state index contributed by atoms with van der Waals surface area (Å²) in [5.74, 6) is 0. The zero-order chi connectivity index (χ0) is 15.3. The molecule has 6 heteroatoms. The first-order valence-corrected chi connectivity index (χ1v) is 6.49. The van der Waals surface area contributed by atoms with Crippen LogP contribution in [0.15, 0.2) is 53.5 Å². The van der Waals surface area contributed by atoms with Gasteiger partial charge >= 0.3 is 6.18 Å². The summed E-state index contributed by atoms with van der Waals surface area (Å²) in [6.07, 6.45) is -2.61. The number of hydrogen-bond acceptors (Lipinski definition) is 2. The van der Waals surface area contributed by atoms with E-state index in [2.05, 4.69) is 5.32 Å². The highest BCUT2D eigenvalue weighted by Crippen LogP contribution is 2.28. The van der Waals surface area contributed by atoms with Crippen LogP contribution in [0.25, 0.3) is 0 Å². The van der Waals surface area contributed by atoms with E-state index in [0.717, 1.165) is 17.7 Å². The molecule has 0 saturated carbocycles. The molecule has 0 aliphatic rings. The predicted molar refractivity (Wildman–Crippen MR) is 73.9 cm³/mol. The third-order valence-electron chi connectivity index (χ3n) is 3.04. The van der Waals surface area contributed by atoms with Crippen molar-refractivity contribution >= 4 is 0 Å². The van der Waals surface area contributed by atoms with Crippen molar-refractivity contribution in [2.75, 3.05) is 6.54 Å². The summed E-state index contributed by atoms with van der Waals surface area (Å²) >= 11 is 0. The van der Waals surface area contributed by atoms with E-state index in [1.54, 1.807) is 22.9 Å². The summed E-state index contributed by atoms with van der Waals surface area (Å²) in [7, 11) is 0. The van der Waals surface area contributed by atoms with Crippen LogP contribution in [0.1, 0.15) is 11.1 Å². The van der Waals surface area contributed by atoms with Gasteiger partial charge in [0.25, 0.3) is 5.56 Å². The van der Waals surface area contributed by atoms with Gasteiger partial charge in [0.05, 0.1) is 5.56 Å². The summed E-state index contributed by atoms with van der Waals surface area (Å²) < 4.78 is 38.8. The Kier molecular flexibility index (Phi) is 4.80. The van der Waals surface area contributed by atoms with Crippen molar-refractivity contribution in [1.82, 2.24) is 9.88 Å². The Morgan fingerprint density at radius 2 is 1.76 bits per heavy atom. The molecule has 0 aliphatic heterocycles. The molecule has 0 spiro atoms. The van der Waals surface area contributed by atoms with Gasteiger partial charge in [-0.05, 0) is 23.8 Å². The van der Waals surface area contributed by atoms with E-state index in [4.69, 9.17) is 0 Å². The average Bonchev–Trinajstić information content (AvgIpc) is 2.45. The van der Waals surface area contributed by atoms with Crippen LogP contribution in [0.5, 0.6) is 0 Å². The van der Waals surface area contributed by atoms with E-state index in [9.17, 15) is 18.0 Å². The summed E-state index contributed by atoms with van der Waals surface area (Å²) in [6.45, 7) is 1.53. The molecule has 0 fully saturated rings. The molecule has 1 heterocycles. The van der Waals surface area contributed by atoms with Crippen LogP contribution >= 0.6 is 0 Å². The van der Waals surface area contributed by atoms with Crippen LogP contribution in [0, 0.1) is 0 Å². The Balaban J connectivity index is 1.81. The van der Waals surface area contributed by atoms with Gasteiger partial charge in [-0.2, -0.15) is 13.2 Å². The number of hydrogen-bond donors (Lipinski definition) is 1. The second kappa shape index (κ2) is 6.58. The zero-order valence-electron chi connectivity index (χ0n) is 11.2. The standard InChI is InChI=1S/C15H15F3N2O/c16-15(17,18)13-6-4-12(5-7-13)11-19-8-10-20-9-2-1-3-14(20)21/h1-7,9,19H,8,10-11H2. The quantitative estimate of drug-likeness (QED) is 0.861. The summed E-state index contributed by atoms with van der Waals surface area (Å²) in [5, 5.41) is 3.09. The third-order valence-corrected chi connectivity index (χ3v) is 3.04. The van der Waals surface area contributed by atoms with Gasteiger partial charge in [-0.25, -0.2) is 0 Å². The second-order valence-corrected chi connectivity index (χ2v) is 4.60. The minimum absolute atomic E-state index is 0.0752. The second-order valence-electron chi connectivity index (χ2n) is 4.60. The van der Waals surface area contributed by atoms with E-state index in [1.165, 1.54) is 18.2 Å². The maximum absolute atomic E-state index is 12.4. The third kappa shape index (κ3) is 4.46. The smallest absolute Gasteiger partial charge is 0.314 e. The fourth-order valence-corrected chi connectivity index (χ4v) is 1.89. The molecule has 1 aromatic heterocycles. The van der Waals surface area contributed by atoms with Gasteiger partial charge in [0.1, 0.15) is 0 Å². The van der Waals surface area contributed by atoms with E-state index in [1.807, 2.05) is 0 Å². The van der Waals surface area contributed by atoms with Crippen molar-refractivity contribution in [3.63, 3.8) is 0 Å². The molecule has 0 radical (unpaired) electrons. The van der Waals surface area contributed by atoms with Crippen molar-refractivity contribution in [3.05, 3.63) is 70.1 Å². The molecule has 2 rings (SSSR count). The zero-order valence-corrected chi connectivity index (χ0v) is 11.2. The van der Waals surface area contributed by atoms with Gasteiger partial charge in [-0.3, -0.25) is 4.79 Å². The molecule has 0 amide bonds. The predicted octanol–water partition coefficient (Wildman–Crippen LogP) is 2.66. The first kappa shape index (κ1) is 15.3. The number of benzene rings is 1. The monoisotopic (exact) mass is 296 g/mol. The lowest BCUT2D eigenvalue weighted by Gasteiger charge is -2.09. The summed E-state index contributed by atoms with van der Waals surface area (Å²) in [4.78, 5) is 11.4. The van der Waals surface area contributed by atoms with Gasteiger partial charge in [-0.1, -0.05) is 18.2 Å². The van der Waals surface area contributed by atoms with Gasteiger partial charge in [0.2, 0.25) is 0 Å². The minimum atomic E-state index is -4.31. The largest absolute Gasteiger partial charge is 0.416 e. The van der Waals surface area contributed by atoms with Crippen molar-refractivity contribution in [2.24, 2.45) is 0 Å². The highest BCUT2D eigenvalue weighted by molar-refractivity contribution is 5.24. The molecule has 1 aromatic carbocycles. The molecule has 0 atom stereocenters. The topological polar surface area (TPSA) is 34.0 Å². The molecule has 1 N–H and O–H groups in total. The summed E-state index contributed by atoms with van der Waals surface area (Å²) in [6, 6.07) is 9.97. The van der Waals surface area contributed by atoms with Crippen LogP contribution in [-0.2, 0) is 19.3 Å². The first-order valence-electron chi connectivity index (χ1n) is 6.49. The Hall–Kier alpha value is -2.08. The first-order chi connectivity index (χ1) is 9.97. The molecule has 112 valence electrons. The Morgan fingerprint density at radius 3 is 2.38 bits per heavy atom. The molecule has 0 bridgehead atoms. The lowest BCUT2D eigenvalue weighted by atomic mass is 10.1. The SMILES string of the molecule is O=c1ccccn1CCNCc1ccc(C(F)(F)F)cc1. The lowest BCUT2D eigenvalue weighted by Crippen LogP contribution is -2.25. The normalized spacial score (nSPS) is 11.6. The maximum atomic E-state index is 12.4. The molecular weight excluding hydrogens is 281 g/mol. The minimum Gasteiger partial charge on any atom is -0.314 e. The number of nitrogens with zero attached hydrogens (tertiary/aromatic N) is 1. The molecule has 2 aromatic rings. The van der Waals surface area contributed by atoms with Crippen LogP contribution < -0.4 is 10.9 Å². The average molecular weight is 296 g/mol. The molecule has 21 heavy (non-hydrogen) atoms. The van der Waals surface area contributed by atoms with Crippen LogP contribution in [0.4, 0.5) is 13.2 Å². The van der Waals surface area contributed by atoms with E-state index < -0.39 is 11.7 Å². The van der Waals surface area contributed by atoms with Gasteiger partial charge < -0.3 is 9.88 Å². The van der Waals surface area contributed by atoms with Crippen LogP contribution in [0.3, 0.4) is 0 Å². The lowest BCUT2D eigenvalue weighted by molar-refractivity contribution is -0.137. The number of alkyl halides is 3. The molecule has 0 saturated heterocycles.